The molecule has 1 aliphatic heterocycles. The van der Waals surface area contributed by atoms with Crippen molar-refractivity contribution in [2.75, 3.05) is 6.54 Å². The molecule has 1 atom stereocenters. The third kappa shape index (κ3) is 4.61. The predicted molar refractivity (Wildman–Crippen MR) is 85.0 cm³/mol. The second kappa shape index (κ2) is 8.19. The topological polar surface area (TPSA) is 110 Å². The van der Waals surface area contributed by atoms with Gasteiger partial charge in [0.2, 0.25) is 11.8 Å². The van der Waals surface area contributed by atoms with Gasteiger partial charge in [-0.2, -0.15) is 0 Å². The molecular formula is C16H19N3O5. The number of carbonyl (C=O) groups is 3. The number of benzene rings is 1. The van der Waals surface area contributed by atoms with E-state index in [0.717, 1.165) is 18.3 Å². The molecule has 1 fully saturated rings. The van der Waals surface area contributed by atoms with E-state index in [1.54, 1.807) is 12.1 Å². The van der Waals surface area contributed by atoms with Crippen LogP contribution < -0.4 is 5.32 Å². The number of likely N-dealkylation sites (tertiary alicyclic amines) is 1. The van der Waals surface area contributed by atoms with Crippen LogP contribution in [0.5, 0.6) is 0 Å². The van der Waals surface area contributed by atoms with Crippen LogP contribution >= 0.6 is 0 Å². The molecule has 24 heavy (non-hydrogen) atoms. The monoisotopic (exact) mass is 333 g/mol. The molecule has 1 aliphatic rings. The van der Waals surface area contributed by atoms with Crippen LogP contribution in [-0.2, 0) is 20.9 Å². The fraction of sp³-hybridized carbons (Fsp3) is 0.438. The molecule has 1 saturated heterocycles. The molecule has 0 aromatic heterocycles. The van der Waals surface area contributed by atoms with Crippen molar-refractivity contribution in [2.24, 2.45) is 0 Å². The van der Waals surface area contributed by atoms with E-state index in [1.807, 2.05) is 0 Å². The van der Waals surface area contributed by atoms with Crippen LogP contribution in [0, 0.1) is 10.1 Å². The Morgan fingerprint density at radius 1 is 1.29 bits per heavy atom. The number of non-ortho nitro benzene ring substituents is 1. The number of rotatable bonds is 7. The van der Waals surface area contributed by atoms with E-state index in [9.17, 15) is 24.5 Å². The number of amides is 2. The normalized spacial score (nSPS) is 16.7. The molecule has 1 aromatic rings. The van der Waals surface area contributed by atoms with Crippen LogP contribution in [0.3, 0.4) is 0 Å². The minimum absolute atomic E-state index is 0.00832. The first-order valence-electron chi connectivity index (χ1n) is 7.76. The number of nitro benzene ring substituents is 1. The zero-order chi connectivity index (χ0) is 17.5. The quantitative estimate of drug-likeness (QED) is 0.458. The molecule has 1 N–H and O–H groups in total. The average molecular weight is 333 g/mol. The number of hydrogen-bond acceptors (Lipinski definition) is 5. The molecule has 1 aromatic carbocycles. The van der Waals surface area contributed by atoms with Crippen molar-refractivity contribution in [1.82, 2.24) is 10.2 Å². The molecule has 0 unspecified atom stereocenters. The summed E-state index contributed by atoms with van der Waals surface area (Å²) in [5, 5.41) is 13.2. The Kier molecular flexibility index (Phi) is 6.00. The lowest BCUT2D eigenvalue weighted by Gasteiger charge is -2.20. The van der Waals surface area contributed by atoms with Crippen molar-refractivity contribution in [3.8, 4) is 0 Å². The van der Waals surface area contributed by atoms with Crippen LogP contribution in [-0.4, -0.2) is 40.5 Å². The van der Waals surface area contributed by atoms with Gasteiger partial charge in [0.05, 0.1) is 11.0 Å². The summed E-state index contributed by atoms with van der Waals surface area (Å²) in [4.78, 5) is 46.3. The molecule has 0 bridgehead atoms. The standard InChI is InChI=1S/C16H19N3O5/c20-11-14-2-1-9-18(14)16(22)8-7-15(21)17-10-12-3-5-13(6-4-12)19(23)24/h3-6,11,14H,1-2,7-10H2,(H,17,21)/t14-/m0/s1. The summed E-state index contributed by atoms with van der Waals surface area (Å²) in [7, 11) is 0. The maximum atomic E-state index is 12.0. The lowest BCUT2D eigenvalue weighted by Crippen LogP contribution is -2.37. The van der Waals surface area contributed by atoms with E-state index in [0.29, 0.717) is 13.0 Å². The first-order valence-corrected chi connectivity index (χ1v) is 7.76. The van der Waals surface area contributed by atoms with Gasteiger partial charge in [-0.1, -0.05) is 12.1 Å². The van der Waals surface area contributed by atoms with Crippen LogP contribution in [0.25, 0.3) is 0 Å². The summed E-state index contributed by atoms with van der Waals surface area (Å²) in [5.41, 5.74) is 0.729. The minimum atomic E-state index is -0.487. The van der Waals surface area contributed by atoms with Gasteiger partial charge in [-0.15, -0.1) is 0 Å². The summed E-state index contributed by atoms with van der Waals surface area (Å²) in [5.74, 6) is -0.460. The maximum absolute atomic E-state index is 12.0. The number of nitro groups is 1. The van der Waals surface area contributed by atoms with Crippen molar-refractivity contribution in [1.29, 1.82) is 0 Å². The van der Waals surface area contributed by atoms with Gasteiger partial charge in [0.15, 0.2) is 0 Å². The molecule has 2 rings (SSSR count). The molecular weight excluding hydrogens is 314 g/mol. The third-order valence-corrected chi connectivity index (χ3v) is 3.98. The van der Waals surface area contributed by atoms with Gasteiger partial charge < -0.3 is 15.0 Å². The van der Waals surface area contributed by atoms with Gasteiger partial charge in [-0.25, -0.2) is 0 Å². The highest BCUT2D eigenvalue weighted by Crippen LogP contribution is 2.17. The molecule has 2 amide bonds. The van der Waals surface area contributed by atoms with Crippen molar-refractivity contribution in [2.45, 2.75) is 38.3 Å². The van der Waals surface area contributed by atoms with Gasteiger partial charge in [0.1, 0.15) is 6.29 Å². The second-order valence-corrected chi connectivity index (χ2v) is 5.63. The molecule has 0 aliphatic carbocycles. The molecule has 1 heterocycles. The van der Waals surface area contributed by atoms with Gasteiger partial charge in [-0.3, -0.25) is 19.7 Å². The Balaban J connectivity index is 1.74. The van der Waals surface area contributed by atoms with Crippen LogP contribution in [0.2, 0.25) is 0 Å². The predicted octanol–water partition coefficient (Wildman–Crippen LogP) is 1.18. The van der Waals surface area contributed by atoms with Crippen LogP contribution in [0.1, 0.15) is 31.2 Å². The van der Waals surface area contributed by atoms with E-state index >= 15 is 0 Å². The second-order valence-electron chi connectivity index (χ2n) is 5.63. The molecule has 8 heteroatoms. The first kappa shape index (κ1) is 17.6. The van der Waals surface area contributed by atoms with Crippen LogP contribution in [0.4, 0.5) is 5.69 Å². The summed E-state index contributed by atoms with van der Waals surface area (Å²) in [6.45, 7) is 0.804. The zero-order valence-corrected chi connectivity index (χ0v) is 13.1. The fourth-order valence-corrected chi connectivity index (χ4v) is 2.63. The number of hydrogen-bond donors (Lipinski definition) is 1. The Morgan fingerprint density at radius 3 is 2.62 bits per heavy atom. The fourth-order valence-electron chi connectivity index (χ4n) is 2.63. The lowest BCUT2D eigenvalue weighted by molar-refractivity contribution is -0.384. The van der Waals surface area contributed by atoms with Gasteiger partial charge in [0, 0.05) is 38.1 Å². The molecule has 0 saturated carbocycles. The van der Waals surface area contributed by atoms with Gasteiger partial charge in [0.25, 0.3) is 5.69 Å². The number of nitrogens with one attached hydrogen (secondary N) is 1. The number of carbonyl (C=O) groups excluding carboxylic acids is 3. The minimum Gasteiger partial charge on any atom is -0.352 e. The Hall–Kier alpha value is -2.77. The van der Waals surface area contributed by atoms with Crippen LogP contribution in [0.15, 0.2) is 24.3 Å². The Bertz CT molecular complexity index is 629. The van der Waals surface area contributed by atoms with E-state index < -0.39 is 4.92 Å². The highest BCUT2D eigenvalue weighted by Gasteiger charge is 2.28. The Morgan fingerprint density at radius 2 is 2.00 bits per heavy atom. The summed E-state index contributed by atoms with van der Waals surface area (Å²) < 4.78 is 0. The lowest BCUT2D eigenvalue weighted by atomic mass is 10.2. The van der Waals surface area contributed by atoms with E-state index in [1.165, 1.54) is 17.0 Å². The molecule has 8 nitrogen and oxygen atoms in total. The number of aldehydes is 1. The average Bonchev–Trinajstić information content (AvgIpc) is 3.07. The third-order valence-electron chi connectivity index (χ3n) is 3.98. The zero-order valence-electron chi connectivity index (χ0n) is 13.1. The maximum Gasteiger partial charge on any atom is 0.269 e. The van der Waals surface area contributed by atoms with Gasteiger partial charge >= 0.3 is 0 Å². The first-order chi connectivity index (χ1) is 11.5. The molecule has 128 valence electrons. The molecule has 0 spiro atoms. The van der Waals surface area contributed by atoms with Gasteiger partial charge in [-0.05, 0) is 18.4 Å². The smallest absolute Gasteiger partial charge is 0.269 e. The highest BCUT2D eigenvalue weighted by atomic mass is 16.6. The van der Waals surface area contributed by atoms with Crippen molar-refractivity contribution < 1.29 is 19.3 Å². The summed E-state index contributed by atoms with van der Waals surface area (Å²) >= 11 is 0. The molecule has 0 radical (unpaired) electrons. The summed E-state index contributed by atoms with van der Waals surface area (Å²) in [6, 6.07) is 5.53. The summed E-state index contributed by atoms with van der Waals surface area (Å²) in [6.07, 6.45) is 2.38. The highest BCUT2D eigenvalue weighted by molar-refractivity contribution is 5.85. The largest absolute Gasteiger partial charge is 0.352 e. The van der Waals surface area contributed by atoms with E-state index in [-0.39, 0.29) is 42.9 Å². The SMILES string of the molecule is O=C[C@@H]1CCCN1C(=O)CCC(=O)NCc1ccc([N+](=O)[O-])cc1. The number of nitrogens with zero attached hydrogens (tertiary/aromatic N) is 2. The van der Waals surface area contributed by atoms with Crippen molar-refractivity contribution in [3.63, 3.8) is 0 Å². The van der Waals surface area contributed by atoms with Crippen molar-refractivity contribution >= 4 is 23.8 Å². The van der Waals surface area contributed by atoms with E-state index in [2.05, 4.69) is 5.32 Å². The Labute approximate surface area is 139 Å². The van der Waals surface area contributed by atoms with Crippen molar-refractivity contribution in [3.05, 3.63) is 39.9 Å². The van der Waals surface area contributed by atoms with E-state index in [4.69, 9.17) is 0 Å².